The predicted molar refractivity (Wildman–Crippen MR) is 106 cm³/mol. The van der Waals surface area contributed by atoms with Gasteiger partial charge in [0.05, 0.1) is 19.4 Å². The first-order chi connectivity index (χ1) is 16.2. The third kappa shape index (κ3) is 6.74. The van der Waals surface area contributed by atoms with Crippen molar-refractivity contribution in [2.45, 2.75) is 42.9 Å². The molecule has 0 amide bonds. The van der Waals surface area contributed by atoms with Gasteiger partial charge in [-0.2, -0.15) is 0 Å². The van der Waals surface area contributed by atoms with Gasteiger partial charge >= 0.3 is 5.69 Å². The number of phosphoric ester groups is 1. The summed E-state index contributed by atoms with van der Waals surface area (Å²) in [6.07, 6.45) is -10.5. The fourth-order valence-electron chi connectivity index (χ4n) is 3.33. The van der Waals surface area contributed by atoms with Crippen LogP contribution in [0.1, 0.15) is 6.23 Å². The Morgan fingerprint density at radius 3 is 2.40 bits per heavy atom. The van der Waals surface area contributed by atoms with Crippen molar-refractivity contribution in [3.8, 4) is 0 Å². The van der Waals surface area contributed by atoms with E-state index in [4.69, 9.17) is 14.6 Å². The van der Waals surface area contributed by atoms with Crippen molar-refractivity contribution < 1.29 is 62.8 Å². The first-order valence-corrected chi connectivity index (χ1v) is 13.1. The van der Waals surface area contributed by atoms with E-state index in [9.17, 15) is 48.9 Å². The molecule has 6 N–H and O–H groups in total. The van der Waals surface area contributed by atoms with Gasteiger partial charge in [0.15, 0.2) is 13.8 Å². The van der Waals surface area contributed by atoms with Crippen LogP contribution in [0.5, 0.6) is 0 Å². The zero-order chi connectivity index (χ0) is 26.1. The molecule has 1 saturated heterocycles. The Morgan fingerprint density at radius 1 is 1.09 bits per heavy atom. The van der Waals surface area contributed by atoms with Gasteiger partial charge in [-0.1, -0.05) is 0 Å². The summed E-state index contributed by atoms with van der Waals surface area (Å²) in [7, 11) is -10.9. The van der Waals surface area contributed by atoms with Crippen LogP contribution in [0.4, 0.5) is 0 Å². The summed E-state index contributed by atoms with van der Waals surface area (Å²) in [6, 6.07) is 0.938. The highest BCUT2D eigenvalue weighted by Gasteiger charge is 2.44. The summed E-state index contributed by atoms with van der Waals surface area (Å²) in [5, 5.41) is 48.6. The Balaban J connectivity index is 1.61. The fourth-order valence-corrected chi connectivity index (χ4v) is 5.86. The number of aromatic nitrogens is 2. The highest BCUT2D eigenvalue weighted by atomic mass is 31.3. The summed E-state index contributed by atoms with van der Waals surface area (Å²) in [5.41, 5.74) is -1.72. The summed E-state index contributed by atoms with van der Waals surface area (Å²) >= 11 is 0. The SMILES string of the molecule is O=c1ccn(C2OC(COP(=O)([O-])OP(=O)([O-])CC3=CC(O)C(O)C(CO)O3)C(O)C2O)c(=O)[nH]1. The highest BCUT2D eigenvalue weighted by molar-refractivity contribution is 7.62. The van der Waals surface area contributed by atoms with E-state index < -0.39 is 94.7 Å². The van der Waals surface area contributed by atoms with Gasteiger partial charge in [-0.15, -0.1) is 0 Å². The van der Waals surface area contributed by atoms with Crippen molar-refractivity contribution in [3.63, 3.8) is 0 Å². The number of aromatic amines is 1. The van der Waals surface area contributed by atoms with Crippen LogP contribution in [0.3, 0.4) is 0 Å². The van der Waals surface area contributed by atoms with Crippen molar-refractivity contribution in [1.82, 2.24) is 9.55 Å². The number of aliphatic hydroxyl groups is 5. The van der Waals surface area contributed by atoms with Gasteiger partial charge in [-0.05, 0) is 6.08 Å². The van der Waals surface area contributed by atoms with Gasteiger partial charge in [-0.25, -0.2) is 4.79 Å². The van der Waals surface area contributed by atoms with Crippen molar-refractivity contribution in [2.24, 2.45) is 0 Å². The molecule has 0 saturated carbocycles. The summed E-state index contributed by atoms with van der Waals surface area (Å²) in [6.45, 7) is -1.80. The standard InChI is InChI=1S/C16H24N2O15P2/c19-4-9-12(22)8(20)3-7(31-9)6-34(26,27)33-35(28,29)30-5-10-13(23)14(24)15(32-10)18-2-1-11(21)17-16(18)25/h1-3,8-10,12-15,19-20,22-24H,4-6H2,(H,26,27)(H,28,29)(H,17,21,25)/p-2. The molecular weight excluding hydrogens is 522 g/mol. The van der Waals surface area contributed by atoms with Crippen LogP contribution in [0.15, 0.2) is 33.7 Å². The molecule has 2 aliphatic heterocycles. The Morgan fingerprint density at radius 2 is 1.77 bits per heavy atom. The summed E-state index contributed by atoms with van der Waals surface area (Å²) < 4.78 is 43.7. The number of hydrogen-bond donors (Lipinski definition) is 6. The van der Waals surface area contributed by atoms with Gasteiger partial charge < -0.3 is 53.9 Å². The lowest BCUT2D eigenvalue weighted by atomic mass is 10.1. The maximum Gasteiger partial charge on any atom is 0.330 e. The lowest BCUT2D eigenvalue weighted by Crippen LogP contribution is -2.44. The zero-order valence-corrected chi connectivity index (χ0v) is 19.3. The first-order valence-electron chi connectivity index (χ1n) is 9.87. The van der Waals surface area contributed by atoms with Gasteiger partial charge in [-0.3, -0.25) is 23.2 Å². The molecule has 0 bridgehead atoms. The predicted octanol–water partition coefficient (Wildman–Crippen LogP) is -4.79. The number of H-pyrrole nitrogens is 1. The second-order valence-electron chi connectivity index (χ2n) is 7.61. The van der Waals surface area contributed by atoms with E-state index in [0.717, 1.165) is 22.9 Å². The largest absolute Gasteiger partial charge is 0.778 e. The van der Waals surface area contributed by atoms with Crippen LogP contribution >= 0.6 is 15.4 Å². The van der Waals surface area contributed by atoms with Crippen LogP contribution in [0.25, 0.3) is 0 Å². The molecule has 0 aromatic carbocycles. The minimum atomic E-state index is -5.60. The van der Waals surface area contributed by atoms with E-state index >= 15 is 0 Å². The molecule has 0 radical (unpaired) electrons. The molecule has 0 spiro atoms. The number of hydrogen-bond acceptors (Lipinski definition) is 15. The van der Waals surface area contributed by atoms with Crippen molar-refractivity contribution in [3.05, 3.63) is 44.9 Å². The van der Waals surface area contributed by atoms with Gasteiger partial charge in [0, 0.05) is 12.3 Å². The molecule has 9 atom stereocenters. The van der Waals surface area contributed by atoms with E-state index in [1.54, 1.807) is 0 Å². The molecular formula is C16H22N2O15P2-2. The summed E-state index contributed by atoms with van der Waals surface area (Å²) in [4.78, 5) is 49.1. The number of nitrogens with one attached hydrogen (secondary N) is 1. The number of rotatable bonds is 9. The minimum absolute atomic E-state index is 0.493. The second-order valence-corrected chi connectivity index (χ2v) is 11.0. The van der Waals surface area contributed by atoms with E-state index in [1.807, 2.05) is 4.98 Å². The van der Waals surface area contributed by atoms with Crippen LogP contribution in [0.2, 0.25) is 0 Å². The minimum Gasteiger partial charge on any atom is -0.778 e. The number of nitrogens with zero attached hydrogens (tertiary/aromatic N) is 1. The van der Waals surface area contributed by atoms with E-state index in [0.29, 0.717) is 0 Å². The Kier molecular flexibility index (Phi) is 8.53. The molecule has 35 heavy (non-hydrogen) atoms. The highest BCUT2D eigenvalue weighted by Crippen LogP contribution is 2.56. The van der Waals surface area contributed by atoms with Crippen molar-refractivity contribution >= 4 is 15.4 Å². The average Bonchev–Trinajstić information content (AvgIpc) is 3.02. The molecule has 3 rings (SSSR count). The van der Waals surface area contributed by atoms with Crippen LogP contribution in [0, 0.1) is 0 Å². The third-order valence-corrected chi connectivity index (χ3v) is 7.96. The quantitative estimate of drug-likeness (QED) is 0.159. The number of ether oxygens (including phenoxy) is 2. The van der Waals surface area contributed by atoms with E-state index in [1.165, 1.54) is 0 Å². The maximum atomic E-state index is 12.2. The molecule has 1 aromatic heterocycles. The lowest BCUT2D eigenvalue weighted by molar-refractivity contribution is -0.234. The van der Waals surface area contributed by atoms with Gasteiger partial charge in [0.25, 0.3) is 13.4 Å². The number of allylic oxidation sites excluding steroid dienone is 1. The maximum absolute atomic E-state index is 12.2. The number of phosphoric acid groups is 1. The van der Waals surface area contributed by atoms with E-state index in [2.05, 4.69) is 8.83 Å². The lowest BCUT2D eigenvalue weighted by Gasteiger charge is -2.35. The number of aliphatic hydroxyl groups excluding tert-OH is 5. The van der Waals surface area contributed by atoms with Crippen LogP contribution in [-0.2, 0) is 27.4 Å². The Hall–Kier alpha value is -1.72. The smallest absolute Gasteiger partial charge is 0.330 e. The van der Waals surface area contributed by atoms with Gasteiger partial charge in [0.1, 0.15) is 42.4 Å². The Labute approximate surface area is 195 Å². The first kappa shape index (κ1) is 27.9. The second kappa shape index (κ2) is 10.7. The average molecular weight is 544 g/mol. The van der Waals surface area contributed by atoms with Crippen molar-refractivity contribution in [1.29, 1.82) is 0 Å². The fraction of sp³-hybridized carbons (Fsp3) is 0.625. The van der Waals surface area contributed by atoms with Gasteiger partial charge in [0.2, 0.25) is 0 Å². The molecule has 198 valence electrons. The van der Waals surface area contributed by atoms with E-state index in [-0.39, 0.29) is 0 Å². The Bertz CT molecular complexity index is 1150. The normalized spacial score (nSPS) is 34.5. The van der Waals surface area contributed by atoms with Crippen LogP contribution in [-0.4, -0.2) is 91.1 Å². The molecule has 0 aliphatic carbocycles. The van der Waals surface area contributed by atoms with Crippen LogP contribution < -0.4 is 21.0 Å². The molecule has 17 nitrogen and oxygen atoms in total. The molecule has 2 aliphatic rings. The zero-order valence-electron chi connectivity index (χ0n) is 17.6. The molecule has 3 heterocycles. The molecule has 1 fully saturated rings. The van der Waals surface area contributed by atoms with Crippen molar-refractivity contribution in [2.75, 3.05) is 19.4 Å². The topological polar surface area (TPSA) is 273 Å². The monoisotopic (exact) mass is 544 g/mol. The molecule has 9 unspecified atom stereocenters. The third-order valence-electron chi connectivity index (χ3n) is 5.00. The molecule has 19 heteroatoms. The summed E-state index contributed by atoms with van der Waals surface area (Å²) in [5.74, 6) is -0.493. The molecule has 1 aromatic rings.